The predicted octanol–water partition coefficient (Wildman–Crippen LogP) is 2.44. The molecule has 0 aliphatic carbocycles. The van der Waals surface area contributed by atoms with Gasteiger partial charge in [0.2, 0.25) is 0 Å². The van der Waals surface area contributed by atoms with Crippen molar-refractivity contribution >= 4 is 42.9 Å². The minimum atomic E-state index is -2.98. The van der Waals surface area contributed by atoms with Gasteiger partial charge in [0.15, 0.2) is 15.6 Å². The molecule has 1 unspecified atom stereocenters. The van der Waals surface area contributed by atoms with E-state index in [9.17, 15) is 13.2 Å². The number of rotatable bonds is 2. The summed E-state index contributed by atoms with van der Waals surface area (Å²) >= 11 is 4.83. The van der Waals surface area contributed by atoms with E-state index in [0.29, 0.717) is 12.0 Å². The van der Waals surface area contributed by atoms with Crippen LogP contribution in [0.5, 0.6) is 0 Å². The third-order valence-corrected chi connectivity index (χ3v) is 6.08. The second kappa shape index (κ2) is 4.23. The summed E-state index contributed by atoms with van der Waals surface area (Å²) in [6.45, 7) is 1.88. The highest BCUT2D eigenvalue weighted by Crippen LogP contribution is 2.30. The largest absolute Gasteiger partial charge is 0.294 e. The SMILES string of the molecule is Cc1sc(Br)cc1C(=O)C1CCS(=O)(=O)C1. The van der Waals surface area contributed by atoms with E-state index < -0.39 is 9.84 Å². The van der Waals surface area contributed by atoms with Crippen molar-refractivity contribution in [3.63, 3.8) is 0 Å². The zero-order valence-electron chi connectivity index (χ0n) is 8.70. The van der Waals surface area contributed by atoms with E-state index in [0.717, 1.165) is 8.66 Å². The lowest BCUT2D eigenvalue weighted by molar-refractivity contribution is 0.0933. The molecule has 0 N–H and O–H groups in total. The lowest BCUT2D eigenvalue weighted by Gasteiger charge is -2.05. The maximum atomic E-state index is 12.1. The van der Waals surface area contributed by atoms with Crippen LogP contribution in [-0.4, -0.2) is 25.7 Å². The Morgan fingerprint density at radius 1 is 1.56 bits per heavy atom. The summed E-state index contributed by atoms with van der Waals surface area (Å²) in [4.78, 5) is 13.0. The van der Waals surface area contributed by atoms with Crippen molar-refractivity contribution in [3.05, 3.63) is 20.3 Å². The Morgan fingerprint density at radius 3 is 2.69 bits per heavy atom. The summed E-state index contributed by atoms with van der Waals surface area (Å²) in [7, 11) is -2.98. The molecular formula is C10H11BrO3S2. The second-order valence-corrected chi connectivity index (χ2v) is 8.85. The van der Waals surface area contributed by atoms with E-state index in [1.54, 1.807) is 6.07 Å². The minimum absolute atomic E-state index is 0.0126. The first-order valence-electron chi connectivity index (χ1n) is 4.89. The number of thiophene rings is 1. The number of halogens is 1. The van der Waals surface area contributed by atoms with Crippen molar-refractivity contribution in [3.8, 4) is 0 Å². The van der Waals surface area contributed by atoms with Crippen molar-refractivity contribution in [1.29, 1.82) is 0 Å². The molecule has 0 amide bonds. The molecule has 0 saturated carbocycles. The molecule has 1 fully saturated rings. The number of Topliss-reactive ketones (excluding diaryl/α,β-unsaturated/α-hetero) is 1. The molecule has 1 atom stereocenters. The normalized spacial score (nSPS) is 23.5. The van der Waals surface area contributed by atoms with Crippen molar-refractivity contribution in [1.82, 2.24) is 0 Å². The molecule has 3 nitrogen and oxygen atoms in total. The van der Waals surface area contributed by atoms with Gasteiger partial charge in [-0.3, -0.25) is 4.79 Å². The highest BCUT2D eigenvalue weighted by molar-refractivity contribution is 9.11. The molecule has 1 aromatic rings. The van der Waals surface area contributed by atoms with E-state index in [-0.39, 0.29) is 23.2 Å². The third-order valence-electron chi connectivity index (χ3n) is 2.76. The Hall–Kier alpha value is -0.200. The summed E-state index contributed by atoms with van der Waals surface area (Å²) in [5, 5.41) is 0. The van der Waals surface area contributed by atoms with Crippen LogP contribution in [0.3, 0.4) is 0 Å². The molecule has 0 aromatic carbocycles. The summed E-state index contributed by atoms with van der Waals surface area (Å²) in [6.07, 6.45) is 0.466. The van der Waals surface area contributed by atoms with Crippen molar-refractivity contribution in [2.24, 2.45) is 5.92 Å². The van der Waals surface area contributed by atoms with Crippen LogP contribution in [0.15, 0.2) is 9.85 Å². The van der Waals surface area contributed by atoms with Gasteiger partial charge in [0.1, 0.15) is 0 Å². The first kappa shape index (κ1) is 12.3. The number of ketones is 1. The van der Waals surface area contributed by atoms with Crippen molar-refractivity contribution in [2.75, 3.05) is 11.5 Å². The fourth-order valence-electron chi connectivity index (χ4n) is 1.91. The monoisotopic (exact) mass is 322 g/mol. The van der Waals surface area contributed by atoms with Gasteiger partial charge in [-0.1, -0.05) is 0 Å². The first-order valence-corrected chi connectivity index (χ1v) is 8.33. The van der Waals surface area contributed by atoms with Gasteiger partial charge in [0.25, 0.3) is 0 Å². The summed E-state index contributed by atoms with van der Waals surface area (Å²) in [6, 6.07) is 1.78. The fraction of sp³-hybridized carbons (Fsp3) is 0.500. The number of sulfone groups is 1. The molecular weight excluding hydrogens is 312 g/mol. The highest BCUT2D eigenvalue weighted by Gasteiger charge is 2.34. The van der Waals surface area contributed by atoms with Crippen molar-refractivity contribution in [2.45, 2.75) is 13.3 Å². The van der Waals surface area contributed by atoms with E-state index in [1.807, 2.05) is 6.92 Å². The average molecular weight is 323 g/mol. The lowest BCUT2D eigenvalue weighted by atomic mass is 9.98. The Bertz CT molecular complexity index is 530. The first-order chi connectivity index (χ1) is 7.39. The smallest absolute Gasteiger partial charge is 0.168 e. The van der Waals surface area contributed by atoms with Gasteiger partial charge in [-0.15, -0.1) is 11.3 Å². The average Bonchev–Trinajstić information content (AvgIpc) is 2.68. The molecule has 1 aliphatic rings. The zero-order valence-corrected chi connectivity index (χ0v) is 11.9. The molecule has 2 heterocycles. The second-order valence-electron chi connectivity index (χ2n) is 3.98. The molecule has 6 heteroatoms. The van der Waals surface area contributed by atoms with Crippen LogP contribution >= 0.6 is 27.3 Å². The summed E-state index contributed by atoms with van der Waals surface area (Å²) < 4.78 is 23.5. The Kier molecular flexibility index (Phi) is 3.25. The summed E-state index contributed by atoms with van der Waals surface area (Å²) in [5.41, 5.74) is 0.666. The van der Waals surface area contributed by atoms with Crippen LogP contribution in [-0.2, 0) is 9.84 Å². The minimum Gasteiger partial charge on any atom is -0.294 e. The van der Waals surface area contributed by atoms with Gasteiger partial charge in [-0.2, -0.15) is 0 Å². The van der Waals surface area contributed by atoms with E-state index >= 15 is 0 Å². The van der Waals surface area contributed by atoms with Crippen LogP contribution in [0.2, 0.25) is 0 Å². The molecule has 1 aromatic heterocycles. The van der Waals surface area contributed by atoms with Gasteiger partial charge in [0, 0.05) is 16.4 Å². The quantitative estimate of drug-likeness (QED) is 0.786. The third kappa shape index (κ3) is 2.38. The van der Waals surface area contributed by atoms with Crippen LogP contribution in [0.4, 0.5) is 0 Å². The molecule has 0 spiro atoms. The summed E-state index contributed by atoms with van der Waals surface area (Å²) in [5.74, 6) is -0.210. The van der Waals surface area contributed by atoms with E-state index in [2.05, 4.69) is 15.9 Å². The Balaban J connectivity index is 2.24. The van der Waals surface area contributed by atoms with Gasteiger partial charge in [-0.25, -0.2) is 8.42 Å². The molecule has 0 bridgehead atoms. The number of carbonyl (C=O) groups excluding carboxylic acids is 1. The van der Waals surface area contributed by atoms with Gasteiger partial charge >= 0.3 is 0 Å². The van der Waals surface area contributed by atoms with Crippen molar-refractivity contribution < 1.29 is 13.2 Å². The Labute approximate surface area is 107 Å². The fourth-order valence-corrected chi connectivity index (χ4v) is 5.35. The highest BCUT2D eigenvalue weighted by atomic mass is 79.9. The lowest BCUT2D eigenvalue weighted by Crippen LogP contribution is -2.16. The standard InChI is InChI=1S/C10H11BrO3S2/c1-6-8(4-9(11)15-6)10(12)7-2-3-16(13,14)5-7/h4,7H,2-3,5H2,1H3. The van der Waals surface area contributed by atoms with Crippen LogP contribution in [0.1, 0.15) is 21.7 Å². The van der Waals surface area contributed by atoms with Gasteiger partial charge < -0.3 is 0 Å². The molecule has 2 rings (SSSR count). The molecule has 1 aliphatic heterocycles. The van der Waals surface area contributed by atoms with Crippen LogP contribution in [0, 0.1) is 12.8 Å². The predicted molar refractivity (Wildman–Crippen MR) is 67.8 cm³/mol. The van der Waals surface area contributed by atoms with Gasteiger partial charge in [0.05, 0.1) is 15.3 Å². The number of hydrogen-bond donors (Lipinski definition) is 0. The van der Waals surface area contributed by atoms with Gasteiger partial charge in [-0.05, 0) is 35.3 Å². The molecule has 88 valence electrons. The Morgan fingerprint density at radius 2 is 2.25 bits per heavy atom. The van der Waals surface area contributed by atoms with Crippen LogP contribution < -0.4 is 0 Å². The number of aryl methyl sites for hydroxylation is 1. The zero-order chi connectivity index (χ0) is 11.9. The maximum absolute atomic E-state index is 12.1. The maximum Gasteiger partial charge on any atom is 0.168 e. The van der Waals surface area contributed by atoms with E-state index in [4.69, 9.17) is 0 Å². The van der Waals surface area contributed by atoms with Crippen LogP contribution in [0.25, 0.3) is 0 Å². The topological polar surface area (TPSA) is 51.2 Å². The van der Waals surface area contributed by atoms with E-state index in [1.165, 1.54) is 11.3 Å². The number of hydrogen-bond acceptors (Lipinski definition) is 4. The molecule has 1 saturated heterocycles. The molecule has 16 heavy (non-hydrogen) atoms. The number of carbonyl (C=O) groups is 1. The molecule has 0 radical (unpaired) electrons.